The van der Waals surface area contributed by atoms with E-state index < -0.39 is 0 Å². The van der Waals surface area contributed by atoms with Gasteiger partial charge in [0.15, 0.2) is 5.71 Å². The van der Waals surface area contributed by atoms with E-state index in [0.29, 0.717) is 6.42 Å². The van der Waals surface area contributed by atoms with Crippen molar-refractivity contribution >= 4 is 29.3 Å². The molecule has 1 heterocycles. The van der Waals surface area contributed by atoms with Gasteiger partial charge in [-0.15, -0.1) is 4.33 Å². The fourth-order valence-corrected chi connectivity index (χ4v) is 3.61. The molecule has 1 aromatic carbocycles. The van der Waals surface area contributed by atoms with Crippen molar-refractivity contribution in [3.05, 3.63) is 23.8 Å². The van der Waals surface area contributed by atoms with E-state index in [1.807, 2.05) is 6.07 Å². The molecular formula is C18H27N2O4S+. The van der Waals surface area contributed by atoms with E-state index in [1.165, 1.54) is 17.0 Å². The van der Waals surface area contributed by atoms with Crippen LogP contribution in [0, 0.1) is 0 Å². The van der Waals surface area contributed by atoms with E-state index in [2.05, 4.69) is 52.2 Å². The SMILES string of the molecule is CNC(=O)CCCCC[N+]1=C(C)C(C)(C)c2cc(SOOO)ccc21. The van der Waals surface area contributed by atoms with E-state index >= 15 is 0 Å². The van der Waals surface area contributed by atoms with Crippen molar-refractivity contribution < 1.29 is 24.0 Å². The van der Waals surface area contributed by atoms with Gasteiger partial charge in [-0.2, -0.15) is 4.58 Å². The van der Waals surface area contributed by atoms with E-state index in [9.17, 15) is 4.79 Å². The van der Waals surface area contributed by atoms with E-state index in [-0.39, 0.29) is 11.3 Å². The highest BCUT2D eigenvalue weighted by Crippen LogP contribution is 2.41. The number of unbranched alkanes of at least 4 members (excludes halogenated alkanes) is 2. The number of benzene rings is 1. The molecule has 1 aliphatic heterocycles. The van der Waals surface area contributed by atoms with Crippen LogP contribution in [0.2, 0.25) is 0 Å². The Morgan fingerprint density at radius 3 is 2.76 bits per heavy atom. The molecule has 25 heavy (non-hydrogen) atoms. The topological polar surface area (TPSA) is 70.8 Å². The minimum absolute atomic E-state index is 0.0614. The lowest BCUT2D eigenvalue weighted by atomic mass is 9.82. The molecule has 0 radical (unpaired) electrons. The van der Waals surface area contributed by atoms with Crippen molar-refractivity contribution in [1.29, 1.82) is 0 Å². The number of nitrogens with one attached hydrogen (secondary N) is 1. The first-order valence-corrected chi connectivity index (χ1v) is 9.27. The number of carbonyl (C=O) groups is 1. The Morgan fingerprint density at radius 2 is 2.08 bits per heavy atom. The Bertz CT molecular complexity index is 658. The first-order chi connectivity index (χ1) is 11.9. The monoisotopic (exact) mass is 367 g/mol. The number of amides is 1. The van der Waals surface area contributed by atoms with Gasteiger partial charge in [-0.1, -0.05) is 5.04 Å². The molecule has 0 fully saturated rings. The van der Waals surface area contributed by atoms with Crippen molar-refractivity contribution in [2.45, 2.75) is 56.8 Å². The van der Waals surface area contributed by atoms with Gasteiger partial charge in [-0.3, -0.25) is 4.79 Å². The van der Waals surface area contributed by atoms with Crippen LogP contribution in [-0.2, 0) is 19.6 Å². The van der Waals surface area contributed by atoms with E-state index in [0.717, 1.165) is 42.7 Å². The molecule has 0 aliphatic carbocycles. The number of hydrogen-bond acceptors (Lipinski definition) is 5. The second-order valence-corrected chi connectivity index (χ2v) is 7.52. The molecule has 0 aromatic heterocycles. The third-order valence-corrected chi connectivity index (χ3v) is 5.54. The van der Waals surface area contributed by atoms with Crippen molar-refractivity contribution in [2.24, 2.45) is 0 Å². The number of hydrogen-bond donors (Lipinski definition) is 2. The Hall–Kier alpha value is -1.41. The number of rotatable bonds is 9. The van der Waals surface area contributed by atoms with Crippen LogP contribution in [0.1, 0.15) is 52.0 Å². The van der Waals surface area contributed by atoms with Crippen molar-refractivity contribution in [3.63, 3.8) is 0 Å². The Labute approximate surface area is 153 Å². The average molecular weight is 367 g/mol. The van der Waals surface area contributed by atoms with Crippen LogP contribution in [0.4, 0.5) is 5.69 Å². The standard InChI is InChI=1S/C18H26N2O4S/c1-13-18(2,3)15-12-14(25-24-23-22)9-10-16(15)20(13)11-7-5-6-8-17(21)19-4/h9-10,12H,5-8,11H2,1-4H3,(H-,19,21,22)/p+1. The summed E-state index contributed by atoms with van der Waals surface area (Å²) in [5.41, 5.74) is 3.70. The van der Waals surface area contributed by atoms with Crippen LogP contribution in [-0.4, -0.2) is 35.0 Å². The maximum atomic E-state index is 11.3. The summed E-state index contributed by atoms with van der Waals surface area (Å²) in [7, 11) is 1.67. The summed E-state index contributed by atoms with van der Waals surface area (Å²) >= 11 is 0.981. The predicted octanol–water partition coefficient (Wildman–Crippen LogP) is 3.82. The van der Waals surface area contributed by atoms with Crippen molar-refractivity contribution in [3.8, 4) is 0 Å². The summed E-state index contributed by atoms with van der Waals surface area (Å²) in [6.07, 6.45) is 3.58. The summed E-state index contributed by atoms with van der Waals surface area (Å²) < 4.78 is 6.91. The molecule has 1 aromatic rings. The highest BCUT2D eigenvalue weighted by molar-refractivity contribution is 7.94. The van der Waals surface area contributed by atoms with Crippen molar-refractivity contribution in [2.75, 3.05) is 13.6 Å². The van der Waals surface area contributed by atoms with Crippen LogP contribution in [0.15, 0.2) is 23.1 Å². The maximum absolute atomic E-state index is 11.3. The molecule has 7 heteroatoms. The summed E-state index contributed by atoms with van der Waals surface area (Å²) in [5, 5.41) is 14.7. The van der Waals surface area contributed by atoms with Crippen LogP contribution in [0.25, 0.3) is 0 Å². The van der Waals surface area contributed by atoms with E-state index in [1.54, 1.807) is 7.05 Å². The normalized spacial score (nSPS) is 15.4. The molecular weight excluding hydrogens is 340 g/mol. The first kappa shape index (κ1) is 19.9. The molecule has 0 bridgehead atoms. The van der Waals surface area contributed by atoms with Gasteiger partial charge >= 0.3 is 0 Å². The smallest absolute Gasteiger partial charge is 0.219 e. The Balaban J connectivity index is 2.05. The van der Waals surface area contributed by atoms with Crippen LogP contribution in [0.3, 0.4) is 0 Å². The third-order valence-electron chi connectivity index (χ3n) is 4.97. The molecule has 0 spiro atoms. The molecule has 1 aliphatic rings. The van der Waals surface area contributed by atoms with E-state index in [4.69, 9.17) is 5.26 Å². The summed E-state index contributed by atoms with van der Waals surface area (Å²) in [5.74, 6) is 0.106. The third kappa shape index (κ3) is 4.61. The lowest BCUT2D eigenvalue weighted by Crippen LogP contribution is -2.26. The van der Waals surface area contributed by atoms with Gasteiger partial charge in [-0.05, 0) is 38.8 Å². The highest BCUT2D eigenvalue weighted by atomic mass is 32.2. The van der Waals surface area contributed by atoms with Gasteiger partial charge in [0.2, 0.25) is 11.6 Å². The second-order valence-electron chi connectivity index (χ2n) is 6.75. The maximum Gasteiger partial charge on any atom is 0.219 e. The molecule has 0 unspecified atom stereocenters. The minimum Gasteiger partial charge on any atom is -0.359 e. The van der Waals surface area contributed by atoms with Crippen molar-refractivity contribution in [1.82, 2.24) is 5.32 Å². The lowest BCUT2D eigenvalue weighted by molar-refractivity contribution is -0.439. The molecule has 138 valence electrons. The first-order valence-electron chi connectivity index (χ1n) is 8.53. The van der Waals surface area contributed by atoms with Crippen LogP contribution < -0.4 is 5.32 Å². The molecule has 0 saturated carbocycles. The van der Waals surface area contributed by atoms with Gasteiger partial charge in [0.05, 0.1) is 17.5 Å². The molecule has 0 atom stereocenters. The van der Waals surface area contributed by atoms with Gasteiger partial charge in [0.1, 0.15) is 6.54 Å². The zero-order valence-electron chi connectivity index (χ0n) is 15.3. The quantitative estimate of drug-likeness (QED) is 0.228. The summed E-state index contributed by atoms with van der Waals surface area (Å²) in [6.45, 7) is 7.54. The lowest BCUT2D eigenvalue weighted by Gasteiger charge is -2.15. The van der Waals surface area contributed by atoms with Gasteiger partial charge in [-0.25, -0.2) is 5.26 Å². The minimum atomic E-state index is -0.0614. The summed E-state index contributed by atoms with van der Waals surface area (Å²) in [6, 6.07) is 6.12. The largest absolute Gasteiger partial charge is 0.359 e. The molecule has 0 saturated heterocycles. The molecule has 2 rings (SSSR count). The average Bonchev–Trinajstić information content (AvgIpc) is 2.79. The number of carbonyl (C=O) groups excluding carboxylic acids is 1. The molecule has 1 amide bonds. The fraction of sp³-hybridized carbons (Fsp3) is 0.556. The Morgan fingerprint density at radius 1 is 1.32 bits per heavy atom. The molecule has 6 nitrogen and oxygen atoms in total. The van der Waals surface area contributed by atoms with Crippen LogP contribution in [0.5, 0.6) is 0 Å². The molecule has 2 N–H and O–H groups in total. The highest BCUT2D eigenvalue weighted by Gasteiger charge is 2.42. The van der Waals surface area contributed by atoms with Gasteiger partial charge < -0.3 is 5.32 Å². The zero-order valence-corrected chi connectivity index (χ0v) is 16.1. The Kier molecular flexibility index (Phi) is 7.01. The second kappa shape index (κ2) is 8.80. The summed E-state index contributed by atoms with van der Waals surface area (Å²) in [4.78, 5) is 12.2. The van der Waals surface area contributed by atoms with Gasteiger partial charge in [0, 0.05) is 43.3 Å². The van der Waals surface area contributed by atoms with Crippen LogP contribution >= 0.6 is 12.0 Å². The van der Waals surface area contributed by atoms with Gasteiger partial charge in [0.25, 0.3) is 0 Å². The number of nitrogens with zero attached hydrogens (tertiary/aromatic N) is 1. The fourth-order valence-electron chi connectivity index (χ4n) is 3.22. The predicted molar refractivity (Wildman–Crippen MR) is 98.1 cm³/mol. The number of fused-ring (bicyclic) bond motifs is 1. The zero-order chi connectivity index (χ0) is 18.4.